The summed E-state index contributed by atoms with van der Waals surface area (Å²) in [5.41, 5.74) is -0.929. The number of amides is 1. The summed E-state index contributed by atoms with van der Waals surface area (Å²) < 4.78 is 59.3. The van der Waals surface area contributed by atoms with Crippen molar-refractivity contribution in [2.75, 3.05) is 14.1 Å². The van der Waals surface area contributed by atoms with Crippen LogP contribution in [0.5, 0.6) is 5.75 Å². The molecule has 0 saturated carbocycles. The van der Waals surface area contributed by atoms with E-state index < -0.39 is 33.3 Å². The fourth-order valence-electron chi connectivity index (χ4n) is 1.86. The number of ether oxygens (including phenoxy) is 1. The first-order valence-electron chi connectivity index (χ1n) is 7.31. The normalized spacial score (nSPS) is 11.5. The summed E-state index contributed by atoms with van der Waals surface area (Å²) in [4.78, 5) is 11.9. The van der Waals surface area contributed by atoms with Crippen LogP contribution < -0.4 is 9.46 Å². The van der Waals surface area contributed by atoms with Crippen molar-refractivity contribution in [1.82, 2.24) is 9.03 Å². The fourth-order valence-corrected chi connectivity index (χ4v) is 2.68. The monoisotopic (exact) mass is 438 g/mol. The van der Waals surface area contributed by atoms with E-state index in [9.17, 15) is 22.0 Å². The molecular formula is C16H14Cl2F2N2O4S. The van der Waals surface area contributed by atoms with Crippen LogP contribution in [0.2, 0.25) is 10.0 Å². The number of carbonyl (C=O) groups excluding carboxylic acids is 1. The highest BCUT2D eigenvalue weighted by Gasteiger charge is 2.22. The molecule has 0 fully saturated rings. The van der Waals surface area contributed by atoms with Crippen LogP contribution in [0.25, 0.3) is 0 Å². The lowest BCUT2D eigenvalue weighted by molar-refractivity contribution is 0.0975. The molecule has 0 heterocycles. The van der Waals surface area contributed by atoms with Gasteiger partial charge in [-0.15, -0.1) is 0 Å². The van der Waals surface area contributed by atoms with Crippen molar-refractivity contribution in [3.63, 3.8) is 0 Å². The molecule has 0 aliphatic rings. The molecule has 2 aromatic carbocycles. The van der Waals surface area contributed by atoms with Gasteiger partial charge in [0.15, 0.2) is 0 Å². The Balaban J connectivity index is 2.18. The molecule has 11 heteroatoms. The first-order valence-corrected chi connectivity index (χ1v) is 9.51. The minimum atomic E-state index is -4.14. The highest BCUT2D eigenvalue weighted by molar-refractivity contribution is 7.87. The second-order valence-corrected chi connectivity index (χ2v) is 8.21. The third-order valence-electron chi connectivity index (χ3n) is 3.37. The van der Waals surface area contributed by atoms with Crippen LogP contribution in [0.15, 0.2) is 30.3 Å². The van der Waals surface area contributed by atoms with Crippen LogP contribution in [0.4, 0.5) is 8.78 Å². The largest absolute Gasteiger partial charge is 0.489 e. The number of hydrogen-bond acceptors (Lipinski definition) is 4. The van der Waals surface area contributed by atoms with E-state index in [0.29, 0.717) is 11.1 Å². The predicted octanol–water partition coefficient (Wildman–Crippen LogP) is 3.39. The Morgan fingerprint density at radius 1 is 1.11 bits per heavy atom. The molecule has 0 atom stereocenters. The van der Waals surface area contributed by atoms with Crippen molar-refractivity contribution < 1.29 is 26.7 Å². The summed E-state index contributed by atoms with van der Waals surface area (Å²) in [5.74, 6) is -3.06. The quantitative estimate of drug-likeness (QED) is 0.749. The molecule has 0 bridgehead atoms. The van der Waals surface area contributed by atoms with Gasteiger partial charge in [0, 0.05) is 25.7 Å². The van der Waals surface area contributed by atoms with Gasteiger partial charge in [0.05, 0.1) is 15.6 Å². The number of carbonyl (C=O) groups is 1. The highest BCUT2D eigenvalue weighted by atomic mass is 35.5. The van der Waals surface area contributed by atoms with Gasteiger partial charge in [-0.25, -0.2) is 13.5 Å². The first kappa shape index (κ1) is 21.4. The van der Waals surface area contributed by atoms with Crippen molar-refractivity contribution in [2.24, 2.45) is 0 Å². The third kappa shape index (κ3) is 5.29. The zero-order valence-corrected chi connectivity index (χ0v) is 16.4. The van der Waals surface area contributed by atoms with Crippen LogP contribution in [0.1, 0.15) is 15.9 Å². The van der Waals surface area contributed by atoms with Gasteiger partial charge in [-0.05, 0) is 24.3 Å². The average molecular weight is 439 g/mol. The first-order chi connectivity index (χ1) is 12.5. The fraction of sp³-hybridized carbons (Fsp3) is 0.188. The van der Waals surface area contributed by atoms with Gasteiger partial charge in [-0.3, -0.25) is 4.79 Å². The Bertz CT molecular complexity index is 985. The molecule has 6 nitrogen and oxygen atoms in total. The van der Waals surface area contributed by atoms with E-state index in [1.807, 2.05) is 0 Å². The van der Waals surface area contributed by atoms with Crippen molar-refractivity contribution >= 4 is 39.3 Å². The number of hydrogen-bond donors (Lipinski definition) is 1. The summed E-state index contributed by atoms with van der Waals surface area (Å²) in [6.07, 6.45) is 0. The lowest BCUT2D eigenvalue weighted by Gasteiger charge is -2.13. The molecule has 1 N–H and O–H groups in total. The second-order valence-electron chi connectivity index (χ2n) is 5.51. The van der Waals surface area contributed by atoms with E-state index in [1.165, 1.54) is 32.3 Å². The van der Waals surface area contributed by atoms with E-state index in [2.05, 4.69) is 0 Å². The lowest BCUT2D eigenvalue weighted by Crippen LogP contribution is -2.39. The number of rotatable bonds is 6. The molecular weight excluding hydrogens is 425 g/mol. The predicted molar refractivity (Wildman–Crippen MR) is 97.2 cm³/mol. The van der Waals surface area contributed by atoms with Crippen molar-refractivity contribution in [1.29, 1.82) is 0 Å². The Hall–Kier alpha value is -1.94. The maximum atomic E-state index is 14.2. The summed E-state index contributed by atoms with van der Waals surface area (Å²) in [6.45, 7) is -0.349. The number of halogens is 4. The Morgan fingerprint density at radius 3 is 2.37 bits per heavy atom. The van der Waals surface area contributed by atoms with Gasteiger partial charge < -0.3 is 4.74 Å². The zero-order valence-electron chi connectivity index (χ0n) is 14.1. The standard InChI is InChI=1S/C16H14Cl2F2N2O4S/c1-22(2)27(24,25)21-16(23)11-7-14(19)9(5-15(11)20)8-26-10-3-4-12(17)13(18)6-10/h3-7H,8H2,1-2H3,(H,21,23). The van der Waals surface area contributed by atoms with Gasteiger partial charge in [0.1, 0.15) is 24.0 Å². The van der Waals surface area contributed by atoms with Gasteiger partial charge in [0.2, 0.25) is 0 Å². The van der Waals surface area contributed by atoms with E-state index in [1.54, 1.807) is 4.72 Å². The van der Waals surface area contributed by atoms with Crippen LogP contribution in [-0.2, 0) is 16.8 Å². The SMILES string of the molecule is CN(C)S(=O)(=O)NC(=O)c1cc(F)c(COc2ccc(Cl)c(Cl)c2)cc1F. The number of nitrogens with zero attached hydrogens (tertiary/aromatic N) is 1. The van der Waals surface area contributed by atoms with E-state index >= 15 is 0 Å². The summed E-state index contributed by atoms with van der Waals surface area (Å²) in [6, 6.07) is 5.74. The molecule has 1 amide bonds. The Kier molecular flexibility index (Phi) is 6.63. The van der Waals surface area contributed by atoms with Crippen LogP contribution in [-0.4, -0.2) is 32.7 Å². The van der Waals surface area contributed by atoms with Crippen LogP contribution >= 0.6 is 23.2 Å². The molecule has 146 valence electrons. The van der Waals surface area contributed by atoms with Gasteiger partial charge in [-0.1, -0.05) is 23.2 Å². The zero-order chi connectivity index (χ0) is 20.4. The molecule has 0 unspecified atom stereocenters. The minimum absolute atomic E-state index is 0.175. The Labute approximate surface area is 164 Å². The van der Waals surface area contributed by atoms with E-state index in [0.717, 1.165) is 10.4 Å². The van der Waals surface area contributed by atoms with Crippen LogP contribution in [0.3, 0.4) is 0 Å². The summed E-state index contributed by atoms with van der Waals surface area (Å²) >= 11 is 11.6. The Morgan fingerprint density at radius 2 is 1.78 bits per heavy atom. The van der Waals surface area contributed by atoms with Crippen molar-refractivity contribution in [3.05, 3.63) is 63.1 Å². The molecule has 0 saturated heterocycles. The average Bonchev–Trinajstić information content (AvgIpc) is 2.57. The molecule has 0 aromatic heterocycles. The highest BCUT2D eigenvalue weighted by Crippen LogP contribution is 2.27. The maximum Gasteiger partial charge on any atom is 0.303 e. The molecule has 2 rings (SSSR count). The molecule has 27 heavy (non-hydrogen) atoms. The minimum Gasteiger partial charge on any atom is -0.489 e. The second kappa shape index (κ2) is 8.39. The summed E-state index contributed by atoms with van der Waals surface area (Å²) in [5, 5.41) is 0.541. The summed E-state index contributed by atoms with van der Waals surface area (Å²) in [7, 11) is -1.79. The molecule has 2 aromatic rings. The van der Waals surface area contributed by atoms with Gasteiger partial charge in [0.25, 0.3) is 5.91 Å². The van der Waals surface area contributed by atoms with E-state index in [-0.39, 0.29) is 22.9 Å². The number of nitrogens with one attached hydrogen (secondary N) is 1. The maximum absolute atomic E-state index is 14.2. The topological polar surface area (TPSA) is 75.7 Å². The molecule has 0 aliphatic heterocycles. The van der Waals surface area contributed by atoms with Crippen molar-refractivity contribution in [3.8, 4) is 5.75 Å². The lowest BCUT2D eigenvalue weighted by atomic mass is 10.1. The van der Waals surface area contributed by atoms with Gasteiger partial charge in [-0.2, -0.15) is 12.7 Å². The molecule has 0 spiro atoms. The van der Waals surface area contributed by atoms with E-state index in [4.69, 9.17) is 27.9 Å². The van der Waals surface area contributed by atoms with Crippen molar-refractivity contribution in [2.45, 2.75) is 6.61 Å². The molecule has 0 radical (unpaired) electrons. The molecule has 0 aliphatic carbocycles. The smallest absolute Gasteiger partial charge is 0.303 e. The number of benzene rings is 2. The van der Waals surface area contributed by atoms with Gasteiger partial charge >= 0.3 is 10.2 Å². The third-order valence-corrected chi connectivity index (χ3v) is 5.51. The van der Waals surface area contributed by atoms with Crippen LogP contribution in [0, 0.1) is 11.6 Å².